The zero-order chi connectivity index (χ0) is 26.7. The van der Waals surface area contributed by atoms with Crippen molar-refractivity contribution in [2.75, 3.05) is 6.61 Å². The van der Waals surface area contributed by atoms with Gasteiger partial charge in [-0.05, 0) is 60.5 Å². The largest absolute Gasteiger partial charge is 0.459 e. The first kappa shape index (κ1) is 26.6. The van der Waals surface area contributed by atoms with Gasteiger partial charge in [-0.25, -0.2) is 14.4 Å². The summed E-state index contributed by atoms with van der Waals surface area (Å²) in [5.74, 6) is -1.11. The second-order valence-corrected chi connectivity index (χ2v) is 9.93. The van der Waals surface area contributed by atoms with Crippen LogP contribution in [0.5, 0.6) is 0 Å². The van der Waals surface area contributed by atoms with Crippen molar-refractivity contribution in [1.82, 2.24) is 9.55 Å². The summed E-state index contributed by atoms with van der Waals surface area (Å²) in [5, 5.41) is 0. The molecule has 0 aliphatic carbocycles. The van der Waals surface area contributed by atoms with Crippen LogP contribution in [0.4, 0.5) is 0 Å². The van der Waals surface area contributed by atoms with Crippen molar-refractivity contribution in [3.8, 4) is 0 Å². The quantitative estimate of drug-likeness (QED) is 0.425. The van der Waals surface area contributed by atoms with Crippen molar-refractivity contribution in [3.05, 3.63) is 102 Å². The number of aryl methyl sites for hydroxylation is 2. The standard InChI is InChI=1S/C27H27BrN2O7/c1-4-27(15-35-24(32)18-9-5-16(2)6-10-18)21(36-25(33)19-11-7-17(3)8-12-19)13-22(37-27)30-14-20(28)23(31)29-26(30)34/h5-12,14,21-22H,4,13,15H2,1-3H3,(H,29,31,34)/t21-,22+,27+/m0/s1. The van der Waals surface area contributed by atoms with Gasteiger partial charge in [0.05, 0.1) is 15.6 Å². The Balaban J connectivity index is 1.63. The van der Waals surface area contributed by atoms with Crippen LogP contribution in [-0.2, 0) is 14.2 Å². The predicted molar refractivity (Wildman–Crippen MR) is 139 cm³/mol. The first-order valence-corrected chi connectivity index (χ1v) is 12.6. The molecule has 0 radical (unpaired) electrons. The molecule has 0 spiro atoms. The number of nitrogens with one attached hydrogen (secondary N) is 1. The Bertz CT molecular complexity index is 1410. The summed E-state index contributed by atoms with van der Waals surface area (Å²) in [6.45, 7) is 5.44. The van der Waals surface area contributed by atoms with Gasteiger partial charge in [0.25, 0.3) is 5.56 Å². The lowest BCUT2D eigenvalue weighted by atomic mass is 9.94. The molecule has 10 heteroatoms. The number of hydrogen-bond donors (Lipinski definition) is 1. The van der Waals surface area contributed by atoms with E-state index in [2.05, 4.69) is 20.9 Å². The highest BCUT2D eigenvalue weighted by Crippen LogP contribution is 2.41. The fraction of sp³-hybridized carbons (Fsp3) is 0.333. The number of benzene rings is 2. The molecule has 0 amide bonds. The van der Waals surface area contributed by atoms with Crippen molar-refractivity contribution in [2.45, 2.75) is 51.5 Å². The lowest BCUT2D eigenvalue weighted by Crippen LogP contribution is -2.46. The third-order valence-corrected chi connectivity index (χ3v) is 7.04. The highest BCUT2D eigenvalue weighted by atomic mass is 79.9. The van der Waals surface area contributed by atoms with E-state index in [-0.39, 0.29) is 17.5 Å². The van der Waals surface area contributed by atoms with Gasteiger partial charge in [0.2, 0.25) is 0 Å². The lowest BCUT2D eigenvalue weighted by Gasteiger charge is -2.32. The van der Waals surface area contributed by atoms with E-state index in [0.29, 0.717) is 17.5 Å². The molecule has 194 valence electrons. The summed E-state index contributed by atoms with van der Waals surface area (Å²) in [4.78, 5) is 52.4. The van der Waals surface area contributed by atoms with Crippen molar-refractivity contribution < 1.29 is 23.8 Å². The minimum absolute atomic E-state index is 0.103. The van der Waals surface area contributed by atoms with Gasteiger partial charge in [-0.1, -0.05) is 42.3 Å². The third-order valence-electron chi connectivity index (χ3n) is 6.48. The number of carbonyl (C=O) groups is 2. The summed E-state index contributed by atoms with van der Waals surface area (Å²) in [5.41, 5.74) is 0.257. The van der Waals surface area contributed by atoms with Gasteiger partial charge in [0, 0.05) is 12.6 Å². The molecule has 1 N–H and O–H groups in total. The predicted octanol–water partition coefficient (Wildman–Crippen LogP) is 4.07. The molecule has 1 aromatic heterocycles. The van der Waals surface area contributed by atoms with Gasteiger partial charge in [0.15, 0.2) is 0 Å². The second kappa shape index (κ2) is 10.9. The number of aromatic amines is 1. The van der Waals surface area contributed by atoms with Gasteiger partial charge >= 0.3 is 17.6 Å². The molecule has 1 aliphatic heterocycles. The molecule has 37 heavy (non-hydrogen) atoms. The molecule has 1 aliphatic rings. The van der Waals surface area contributed by atoms with Crippen LogP contribution in [-0.4, -0.2) is 39.8 Å². The van der Waals surface area contributed by atoms with Crippen LogP contribution in [0.25, 0.3) is 0 Å². The average Bonchev–Trinajstić information content (AvgIpc) is 3.23. The SMILES string of the molecule is CC[C@]1(COC(=O)c2ccc(C)cc2)O[C@@H](n2cc(Br)c(=O)[nH]c2=O)C[C@@H]1OC(=O)c1ccc(C)cc1. The summed E-state index contributed by atoms with van der Waals surface area (Å²) in [6, 6.07) is 13.9. The number of H-pyrrole nitrogens is 1. The maximum atomic E-state index is 13.0. The van der Waals surface area contributed by atoms with E-state index < -0.39 is 41.1 Å². The fourth-order valence-electron chi connectivity index (χ4n) is 4.18. The number of carbonyl (C=O) groups excluding carboxylic acids is 2. The van der Waals surface area contributed by atoms with Gasteiger partial charge in [-0.2, -0.15) is 0 Å². The van der Waals surface area contributed by atoms with Gasteiger partial charge < -0.3 is 14.2 Å². The number of esters is 2. The van der Waals surface area contributed by atoms with E-state index in [1.54, 1.807) is 48.5 Å². The maximum absolute atomic E-state index is 13.0. The van der Waals surface area contributed by atoms with E-state index in [1.165, 1.54) is 10.8 Å². The normalized spacial score (nSPS) is 21.0. The van der Waals surface area contributed by atoms with Crippen LogP contribution in [0.15, 0.2) is 68.8 Å². The molecule has 4 rings (SSSR count). The van der Waals surface area contributed by atoms with E-state index in [9.17, 15) is 19.2 Å². The van der Waals surface area contributed by atoms with Gasteiger partial charge in [-0.3, -0.25) is 14.3 Å². The van der Waals surface area contributed by atoms with Crippen LogP contribution in [0.2, 0.25) is 0 Å². The average molecular weight is 571 g/mol. The molecule has 1 fully saturated rings. The smallest absolute Gasteiger partial charge is 0.338 e. The van der Waals surface area contributed by atoms with Crippen LogP contribution < -0.4 is 11.2 Å². The van der Waals surface area contributed by atoms with Crippen LogP contribution >= 0.6 is 15.9 Å². The van der Waals surface area contributed by atoms with E-state index >= 15 is 0 Å². The van der Waals surface area contributed by atoms with Gasteiger partial charge in [-0.15, -0.1) is 0 Å². The number of aromatic nitrogens is 2. The van der Waals surface area contributed by atoms with Crippen molar-refractivity contribution in [1.29, 1.82) is 0 Å². The molecule has 1 saturated heterocycles. The maximum Gasteiger partial charge on any atom is 0.338 e. The second-order valence-electron chi connectivity index (χ2n) is 9.07. The van der Waals surface area contributed by atoms with Crippen LogP contribution in [0.1, 0.15) is 57.8 Å². The summed E-state index contributed by atoms with van der Waals surface area (Å²) >= 11 is 3.13. The first-order valence-electron chi connectivity index (χ1n) is 11.8. The number of rotatable bonds is 7. The van der Waals surface area contributed by atoms with Crippen molar-refractivity contribution in [2.24, 2.45) is 0 Å². The molecule has 0 unspecified atom stereocenters. The minimum Gasteiger partial charge on any atom is -0.459 e. The Morgan fingerprint density at radius 1 is 1.03 bits per heavy atom. The third kappa shape index (κ3) is 5.75. The Morgan fingerprint density at radius 2 is 1.59 bits per heavy atom. The molecule has 3 atom stereocenters. The van der Waals surface area contributed by atoms with Crippen LogP contribution in [0.3, 0.4) is 0 Å². The first-order chi connectivity index (χ1) is 17.6. The highest BCUT2D eigenvalue weighted by molar-refractivity contribution is 9.10. The number of hydrogen-bond acceptors (Lipinski definition) is 7. The summed E-state index contributed by atoms with van der Waals surface area (Å²) in [7, 11) is 0. The zero-order valence-electron chi connectivity index (χ0n) is 20.7. The Morgan fingerprint density at radius 3 is 2.16 bits per heavy atom. The summed E-state index contributed by atoms with van der Waals surface area (Å²) in [6.07, 6.45) is 0.0189. The molecule has 0 bridgehead atoms. The molecule has 9 nitrogen and oxygen atoms in total. The molecule has 0 saturated carbocycles. The van der Waals surface area contributed by atoms with E-state index in [4.69, 9.17) is 14.2 Å². The number of nitrogens with zero attached hydrogens (tertiary/aromatic N) is 1. The van der Waals surface area contributed by atoms with Gasteiger partial charge in [0.1, 0.15) is 24.5 Å². The number of halogens is 1. The Labute approximate surface area is 221 Å². The number of ether oxygens (including phenoxy) is 3. The topological polar surface area (TPSA) is 117 Å². The molecular weight excluding hydrogens is 544 g/mol. The Hall–Kier alpha value is -3.50. The van der Waals surface area contributed by atoms with Crippen molar-refractivity contribution in [3.63, 3.8) is 0 Å². The Kier molecular flexibility index (Phi) is 7.79. The zero-order valence-corrected chi connectivity index (χ0v) is 22.2. The fourth-order valence-corrected chi connectivity index (χ4v) is 4.50. The van der Waals surface area contributed by atoms with Crippen molar-refractivity contribution >= 4 is 27.9 Å². The lowest BCUT2D eigenvalue weighted by molar-refractivity contribution is -0.134. The highest BCUT2D eigenvalue weighted by Gasteiger charge is 2.52. The molecular formula is C27H27BrN2O7. The minimum atomic E-state index is -1.23. The molecule has 2 aromatic carbocycles. The van der Waals surface area contributed by atoms with E-state index in [0.717, 1.165) is 11.1 Å². The molecule has 3 aromatic rings. The molecule has 2 heterocycles. The monoisotopic (exact) mass is 570 g/mol. The summed E-state index contributed by atoms with van der Waals surface area (Å²) < 4.78 is 19.2. The van der Waals surface area contributed by atoms with Crippen LogP contribution in [0, 0.1) is 13.8 Å². The van der Waals surface area contributed by atoms with E-state index in [1.807, 2.05) is 20.8 Å².